The van der Waals surface area contributed by atoms with Gasteiger partial charge in [0.15, 0.2) is 12.2 Å². The minimum atomic E-state index is -4.96. The lowest BCUT2D eigenvalue weighted by molar-refractivity contribution is -0.161. The van der Waals surface area contributed by atoms with Gasteiger partial charge in [0, 0.05) is 25.7 Å². The Morgan fingerprint density at radius 3 is 0.708 bits per heavy atom. The van der Waals surface area contributed by atoms with Gasteiger partial charge in [-0.05, 0) is 37.5 Å². The molecule has 0 aliphatic heterocycles. The van der Waals surface area contributed by atoms with Crippen LogP contribution in [0.2, 0.25) is 0 Å². The first-order valence-electron chi connectivity index (χ1n) is 40.0. The van der Waals surface area contributed by atoms with Crippen molar-refractivity contribution in [3.8, 4) is 0 Å². The molecule has 0 aromatic heterocycles. The lowest BCUT2D eigenvalue weighted by atomic mass is 10.0. The molecule has 0 rings (SSSR count). The van der Waals surface area contributed by atoms with Gasteiger partial charge >= 0.3 is 39.5 Å². The Balaban J connectivity index is 5.17. The number of rotatable bonds is 76. The standard InChI is InChI=1S/C77H150O17P2/c1-7-9-11-13-15-17-19-21-22-23-24-25-26-27-28-29-30-32-34-43-49-55-61-76(81)93-72(65-87-74(79)59-53-47-41-33-31-20-18-16-14-12-10-8-2)67-91-95(83,84)89-63-71(78)64-90-96(85,86)92-68-73(94-77(82)62-56-50-44-38-36-40-46-52-58-70(5)6)66-88-75(80)60-54-48-42-37-35-39-45-51-57-69(3)4/h69-73,78H,7-68H2,1-6H3,(H,83,84)(H,85,86)/t71-,72-,73-/m1/s1. The normalized spacial score (nSPS) is 14.0. The maximum Gasteiger partial charge on any atom is 0.472 e. The highest BCUT2D eigenvalue weighted by Gasteiger charge is 2.30. The summed E-state index contributed by atoms with van der Waals surface area (Å²) in [6.07, 6.45) is 57.1. The van der Waals surface area contributed by atoms with E-state index in [9.17, 15) is 43.2 Å². The second-order valence-electron chi connectivity index (χ2n) is 28.7. The second kappa shape index (κ2) is 68.8. The van der Waals surface area contributed by atoms with E-state index < -0.39 is 97.5 Å². The Morgan fingerprint density at radius 1 is 0.281 bits per heavy atom. The number of aliphatic hydroxyl groups excluding tert-OH is 1. The van der Waals surface area contributed by atoms with Gasteiger partial charge in [-0.3, -0.25) is 37.3 Å². The number of carbonyl (C=O) groups is 4. The van der Waals surface area contributed by atoms with Crippen molar-refractivity contribution in [2.24, 2.45) is 11.8 Å². The van der Waals surface area contributed by atoms with Crippen molar-refractivity contribution in [3.63, 3.8) is 0 Å². The van der Waals surface area contributed by atoms with Crippen molar-refractivity contribution in [1.29, 1.82) is 0 Å². The van der Waals surface area contributed by atoms with E-state index in [4.69, 9.17) is 37.0 Å². The summed E-state index contributed by atoms with van der Waals surface area (Å²) in [4.78, 5) is 72.8. The minimum Gasteiger partial charge on any atom is -0.462 e. The Kier molecular flexibility index (Phi) is 67.4. The number of hydrogen-bond acceptors (Lipinski definition) is 15. The average molecular weight is 1410 g/mol. The lowest BCUT2D eigenvalue weighted by Crippen LogP contribution is -2.30. The number of unbranched alkanes of at least 4 members (excludes halogenated alkanes) is 46. The first-order valence-corrected chi connectivity index (χ1v) is 43.0. The van der Waals surface area contributed by atoms with E-state index in [1.54, 1.807) is 0 Å². The number of esters is 4. The molecule has 0 saturated heterocycles. The average Bonchev–Trinajstić information content (AvgIpc) is 1.96. The quantitative estimate of drug-likeness (QED) is 0.0222. The SMILES string of the molecule is CCCCCCCCCCCCCCCCCCCCCCCCC(=O)O[C@H](COC(=O)CCCCCCCCCCCCCC)COP(=O)(O)OC[C@@H](O)COP(=O)(O)OC[C@@H](COC(=O)CCCCCCCCCCC(C)C)OC(=O)CCCCCCCCCCC(C)C. The molecular formula is C77H150O17P2. The zero-order valence-corrected chi connectivity index (χ0v) is 64.5. The first kappa shape index (κ1) is 94.1. The number of ether oxygens (including phenoxy) is 4. The summed E-state index contributed by atoms with van der Waals surface area (Å²) >= 11 is 0. The van der Waals surface area contributed by atoms with Crippen LogP contribution < -0.4 is 0 Å². The minimum absolute atomic E-state index is 0.104. The van der Waals surface area contributed by atoms with Gasteiger partial charge in [0.05, 0.1) is 26.4 Å². The highest BCUT2D eigenvalue weighted by molar-refractivity contribution is 7.47. The fourth-order valence-corrected chi connectivity index (χ4v) is 13.4. The van der Waals surface area contributed by atoms with Gasteiger partial charge in [-0.15, -0.1) is 0 Å². The predicted molar refractivity (Wildman–Crippen MR) is 391 cm³/mol. The monoisotopic (exact) mass is 1410 g/mol. The van der Waals surface area contributed by atoms with Crippen molar-refractivity contribution in [3.05, 3.63) is 0 Å². The molecule has 0 bridgehead atoms. The van der Waals surface area contributed by atoms with Crippen molar-refractivity contribution < 1.29 is 80.2 Å². The fraction of sp³-hybridized carbons (Fsp3) is 0.948. The maximum atomic E-state index is 13.1. The van der Waals surface area contributed by atoms with Crippen molar-refractivity contribution in [1.82, 2.24) is 0 Å². The van der Waals surface area contributed by atoms with Crippen molar-refractivity contribution in [2.75, 3.05) is 39.6 Å². The largest absolute Gasteiger partial charge is 0.472 e. The van der Waals surface area contributed by atoms with Gasteiger partial charge in [-0.25, -0.2) is 9.13 Å². The molecular weight excluding hydrogens is 1260 g/mol. The smallest absolute Gasteiger partial charge is 0.462 e. The molecule has 0 heterocycles. The first-order chi connectivity index (χ1) is 46.4. The van der Waals surface area contributed by atoms with E-state index in [2.05, 4.69) is 41.5 Å². The molecule has 570 valence electrons. The van der Waals surface area contributed by atoms with E-state index in [1.807, 2.05) is 0 Å². The summed E-state index contributed by atoms with van der Waals surface area (Å²) in [6.45, 7) is 9.52. The summed E-state index contributed by atoms with van der Waals surface area (Å²) in [5.74, 6) is -0.674. The summed E-state index contributed by atoms with van der Waals surface area (Å²) in [6, 6.07) is 0. The molecule has 0 aliphatic rings. The molecule has 0 fully saturated rings. The molecule has 0 aromatic rings. The molecule has 5 atom stereocenters. The zero-order valence-electron chi connectivity index (χ0n) is 62.7. The molecule has 0 amide bonds. The van der Waals surface area contributed by atoms with Crippen LogP contribution in [0.15, 0.2) is 0 Å². The topological polar surface area (TPSA) is 237 Å². The van der Waals surface area contributed by atoms with Gasteiger partial charge in [-0.1, -0.05) is 350 Å². The molecule has 17 nitrogen and oxygen atoms in total. The lowest BCUT2D eigenvalue weighted by Gasteiger charge is -2.21. The van der Waals surface area contributed by atoms with Gasteiger partial charge in [0.25, 0.3) is 0 Å². The maximum absolute atomic E-state index is 13.1. The second-order valence-corrected chi connectivity index (χ2v) is 31.6. The van der Waals surface area contributed by atoms with E-state index in [-0.39, 0.29) is 25.7 Å². The molecule has 2 unspecified atom stereocenters. The van der Waals surface area contributed by atoms with Gasteiger partial charge in [-0.2, -0.15) is 0 Å². The number of phosphoric ester groups is 2. The summed E-state index contributed by atoms with van der Waals surface area (Å²) < 4.78 is 68.5. The summed E-state index contributed by atoms with van der Waals surface area (Å²) in [5.41, 5.74) is 0. The number of phosphoric acid groups is 2. The highest BCUT2D eigenvalue weighted by atomic mass is 31.2. The van der Waals surface area contributed by atoms with Gasteiger partial charge in [0.1, 0.15) is 19.3 Å². The molecule has 96 heavy (non-hydrogen) atoms. The number of aliphatic hydroxyl groups is 1. The van der Waals surface area contributed by atoms with Gasteiger partial charge in [0.2, 0.25) is 0 Å². The van der Waals surface area contributed by atoms with Crippen LogP contribution in [0.5, 0.6) is 0 Å². The Bertz CT molecular complexity index is 1860. The summed E-state index contributed by atoms with van der Waals surface area (Å²) in [5, 5.41) is 10.6. The van der Waals surface area contributed by atoms with Crippen LogP contribution >= 0.6 is 15.6 Å². The zero-order chi connectivity index (χ0) is 70.7. The Labute approximate surface area is 588 Å². The Morgan fingerprint density at radius 2 is 0.479 bits per heavy atom. The molecule has 0 saturated carbocycles. The fourth-order valence-electron chi connectivity index (χ4n) is 11.8. The third-order valence-electron chi connectivity index (χ3n) is 18.0. The van der Waals surface area contributed by atoms with Crippen LogP contribution in [-0.4, -0.2) is 96.7 Å². The number of carbonyl (C=O) groups excluding carboxylic acids is 4. The van der Waals surface area contributed by atoms with E-state index >= 15 is 0 Å². The van der Waals surface area contributed by atoms with Gasteiger partial charge < -0.3 is 33.8 Å². The number of hydrogen-bond donors (Lipinski definition) is 3. The van der Waals surface area contributed by atoms with Crippen LogP contribution in [-0.2, 0) is 65.4 Å². The molecule has 0 spiro atoms. The third kappa shape index (κ3) is 70.5. The molecule has 3 N–H and O–H groups in total. The Hall–Kier alpha value is -1.94. The van der Waals surface area contributed by atoms with Crippen LogP contribution in [0.1, 0.15) is 401 Å². The van der Waals surface area contributed by atoms with Crippen molar-refractivity contribution >= 4 is 39.5 Å². The molecule has 0 aromatic carbocycles. The van der Waals surface area contributed by atoms with Crippen LogP contribution in [0.3, 0.4) is 0 Å². The third-order valence-corrected chi connectivity index (χ3v) is 19.9. The van der Waals surface area contributed by atoms with Crippen LogP contribution in [0, 0.1) is 11.8 Å². The molecule has 0 aliphatic carbocycles. The van der Waals surface area contributed by atoms with E-state index in [1.165, 1.54) is 218 Å². The molecule has 19 heteroatoms. The molecule has 0 radical (unpaired) electrons. The highest BCUT2D eigenvalue weighted by Crippen LogP contribution is 2.45. The van der Waals surface area contributed by atoms with E-state index in [0.29, 0.717) is 25.7 Å². The van der Waals surface area contributed by atoms with Crippen LogP contribution in [0.4, 0.5) is 0 Å². The summed E-state index contributed by atoms with van der Waals surface area (Å²) in [7, 11) is -9.91. The predicted octanol–water partition coefficient (Wildman–Crippen LogP) is 22.7. The van der Waals surface area contributed by atoms with Crippen LogP contribution in [0.25, 0.3) is 0 Å². The van der Waals surface area contributed by atoms with E-state index in [0.717, 1.165) is 102 Å². The van der Waals surface area contributed by atoms with Crippen molar-refractivity contribution in [2.45, 2.75) is 419 Å².